The van der Waals surface area contributed by atoms with E-state index >= 15 is 0 Å². The summed E-state index contributed by atoms with van der Waals surface area (Å²) >= 11 is 5.94. The summed E-state index contributed by atoms with van der Waals surface area (Å²) in [5.74, 6) is -0.222. The van der Waals surface area contributed by atoms with Crippen LogP contribution in [0.5, 0.6) is 0 Å². The number of amides is 1. The summed E-state index contributed by atoms with van der Waals surface area (Å²) in [6.45, 7) is 5.60. The molecule has 5 nitrogen and oxygen atoms in total. The van der Waals surface area contributed by atoms with Crippen molar-refractivity contribution in [1.82, 2.24) is 20.3 Å². The van der Waals surface area contributed by atoms with Crippen LogP contribution in [0.3, 0.4) is 0 Å². The molecule has 0 atom stereocenters. The van der Waals surface area contributed by atoms with E-state index in [4.69, 9.17) is 11.6 Å². The number of hydrogen-bond acceptors (Lipinski definition) is 3. The quantitative estimate of drug-likeness (QED) is 0.938. The molecular formula is C13H15ClN4O. The van der Waals surface area contributed by atoms with Crippen LogP contribution in [-0.2, 0) is 0 Å². The number of hydrogen-bond donors (Lipinski definition) is 1. The monoisotopic (exact) mass is 278 g/mol. The zero-order valence-corrected chi connectivity index (χ0v) is 11.8. The fraction of sp³-hybridized carbons (Fsp3) is 0.308. The lowest BCUT2D eigenvalue weighted by Gasteiger charge is -2.07. The first-order valence-corrected chi connectivity index (χ1v) is 6.36. The highest BCUT2D eigenvalue weighted by molar-refractivity contribution is 6.30. The Hall–Kier alpha value is -1.88. The molecule has 0 saturated carbocycles. The van der Waals surface area contributed by atoms with Crippen LogP contribution in [0.15, 0.2) is 24.3 Å². The van der Waals surface area contributed by atoms with Crippen LogP contribution in [0.1, 0.15) is 30.0 Å². The van der Waals surface area contributed by atoms with Gasteiger partial charge in [0, 0.05) is 11.1 Å². The van der Waals surface area contributed by atoms with E-state index in [0.717, 1.165) is 5.69 Å². The SMILES string of the molecule is Cc1c(C(=O)NC(C)C)nnn1-c1cccc(Cl)c1. The molecular weight excluding hydrogens is 264 g/mol. The van der Waals surface area contributed by atoms with Crippen LogP contribution in [-0.4, -0.2) is 26.9 Å². The fourth-order valence-corrected chi connectivity index (χ4v) is 1.91. The van der Waals surface area contributed by atoms with E-state index in [1.807, 2.05) is 26.0 Å². The van der Waals surface area contributed by atoms with Gasteiger partial charge >= 0.3 is 0 Å². The van der Waals surface area contributed by atoms with Gasteiger partial charge in [0.2, 0.25) is 0 Å². The molecule has 2 rings (SSSR count). The van der Waals surface area contributed by atoms with Gasteiger partial charge in [-0.1, -0.05) is 22.9 Å². The summed E-state index contributed by atoms with van der Waals surface area (Å²) in [5, 5.41) is 11.3. The molecule has 0 fully saturated rings. The number of nitrogens with one attached hydrogen (secondary N) is 1. The van der Waals surface area contributed by atoms with E-state index in [9.17, 15) is 4.79 Å². The lowest BCUT2D eigenvalue weighted by molar-refractivity contribution is 0.0937. The van der Waals surface area contributed by atoms with E-state index in [-0.39, 0.29) is 11.9 Å². The molecule has 0 saturated heterocycles. The standard InChI is InChI=1S/C13H15ClN4O/c1-8(2)15-13(19)12-9(3)18(17-16-12)11-6-4-5-10(14)7-11/h4-8H,1-3H3,(H,15,19). The van der Waals surface area contributed by atoms with Crippen molar-refractivity contribution in [3.8, 4) is 5.69 Å². The van der Waals surface area contributed by atoms with Gasteiger partial charge in [-0.15, -0.1) is 5.10 Å². The summed E-state index contributed by atoms with van der Waals surface area (Å²) in [5.41, 5.74) is 1.79. The molecule has 0 aliphatic carbocycles. The van der Waals surface area contributed by atoms with E-state index in [1.54, 1.807) is 23.7 Å². The number of carbonyl (C=O) groups is 1. The van der Waals surface area contributed by atoms with Crippen molar-refractivity contribution in [2.24, 2.45) is 0 Å². The first-order chi connectivity index (χ1) is 8.99. The van der Waals surface area contributed by atoms with Gasteiger partial charge in [0.15, 0.2) is 5.69 Å². The Bertz CT molecular complexity index is 606. The number of benzene rings is 1. The molecule has 0 bridgehead atoms. The average Bonchev–Trinajstić information content (AvgIpc) is 2.70. The third-order valence-electron chi connectivity index (χ3n) is 2.58. The molecule has 2 aromatic rings. The molecule has 0 aliphatic heterocycles. The Morgan fingerprint density at radius 3 is 2.79 bits per heavy atom. The minimum absolute atomic E-state index is 0.0585. The topological polar surface area (TPSA) is 59.8 Å². The van der Waals surface area contributed by atoms with E-state index in [1.165, 1.54) is 0 Å². The van der Waals surface area contributed by atoms with Gasteiger partial charge in [0.1, 0.15) is 0 Å². The maximum absolute atomic E-state index is 11.9. The van der Waals surface area contributed by atoms with Gasteiger partial charge in [0.05, 0.1) is 11.4 Å². The second kappa shape index (κ2) is 5.40. The molecule has 6 heteroatoms. The van der Waals surface area contributed by atoms with Crippen molar-refractivity contribution in [3.63, 3.8) is 0 Å². The predicted octanol–water partition coefficient (Wildman–Crippen LogP) is 2.37. The average molecular weight is 279 g/mol. The Balaban J connectivity index is 2.35. The molecule has 19 heavy (non-hydrogen) atoms. The van der Waals surface area contributed by atoms with Crippen molar-refractivity contribution in [1.29, 1.82) is 0 Å². The van der Waals surface area contributed by atoms with Crippen LogP contribution in [0, 0.1) is 6.92 Å². The van der Waals surface area contributed by atoms with E-state index in [2.05, 4.69) is 15.6 Å². The molecule has 1 aromatic carbocycles. The highest BCUT2D eigenvalue weighted by Gasteiger charge is 2.17. The maximum atomic E-state index is 11.9. The lowest BCUT2D eigenvalue weighted by Crippen LogP contribution is -2.30. The zero-order valence-electron chi connectivity index (χ0n) is 11.0. The maximum Gasteiger partial charge on any atom is 0.273 e. The second-order valence-corrected chi connectivity index (χ2v) is 4.98. The molecule has 0 unspecified atom stereocenters. The van der Waals surface area contributed by atoms with Crippen LogP contribution in [0.4, 0.5) is 0 Å². The van der Waals surface area contributed by atoms with Gasteiger partial charge in [0.25, 0.3) is 5.91 Å². The molecule has 1 aromatic heterocycles. The smallest absolute Gasteiger partial charge is 0.273 e. The minimum Gasteiger partial charge on any atom is -0.348 e. The fourth-order valence-electron chi connectivity index (χ4n) is 1.72. The number of carbonyl (C=O) groups excluding carboxylic acids is 1. The molecule has 1 amide bonds. The van der Waals surface area contributed by atoms with Crippen molar-refractivity contribution in [3.05, 3.63) is 40.7 Å². The number of aromatic nitrogens is 3. The largest absolute Gasteiger partial charge is 0.348 e. The van der Waals surface area contributed by atoms with Gasteiger partial charge < -0.3 is 5.32 Å². The third kappa shape index (κ3) is 2.93. The molecule has 0 aliphatic rings. The molecule has 0 radical (unpaired) electrons. The Morgan fingerprint density at radius 2 is 2.16 bits per heavy atom. The summed E-state index contributed by atoms with van der Waals surface area (Å²) in [7, 11) is 0. The van der Waals surface area contributed by atoms with Gasteiger partial charge in [-0.05, 0) is 39.0 Å². The Labute approximate surface area is 116 Å². The van der Waals surface area contributed by atoms with E-state index < -0.39 is 0 Å². The highest BCUT2D eigenvalue weighted by Crippen LogP contribution is 2.16. The molecule has 1 heterocycles. The van der Waals surface area contributed by atoms with Crippen molar-refractivity contribution in [2.75, 3.05) is 0 Å². The first kappa shape index (κ1) is 13.5. The molecule has 0 spiro atoms. The zero-order chi connectivity index (χ0) is 14.0. The summed E-state index contributed by atoms with van der Waals surface area (Å²) < 4.78 is 1.60. The van der Waals surface area contributed by atoms with Crippen LogP contribution >= 0.6 is 11.6 Å². The van der Waals surface area contributed by atoms with Crippen molar-refractivity contribution < 1.29 is 4.79 Å². The van der Waals surface area contributed by atoms with Crippen molar-refractivity contribution >= 4 is 17.5 Å². The van der Waals surface area contributed by atoms with Gasteiger partial charge in [-0.2, -0.15) is 0 Å². The minimum atomic E-state index is -0.222. The summed E-state index contributed by atoms with van der Waals surface area (Å²) in [6.07, 6.45) is 0. The lowest BCUT2D eigenvalue weighted by atomic mass is 10.2. The number of rotatable bonds is 3. The second-order valence-electron chi connectivity index (χ2n) is 4.54. The normalized spacial score (nSPS) is 10.8. The van der Waals surface area contributed by atoms with Crippen LogP contribution < -0.4 is 5.32 Å². The van der Waals surface area contributed by atoms with Crippen molar-refractivity contribution in [2.45, 2.75) is 26.8 Å². The number of halogens is 1. The third-order valence-corrected chi connectivity index (χ3v) is 2.82. The molecule has 1 N–H and O–H groups in total. The Morgan fingerprint density at radius 1 is 1.42 bits per heavy atom. The van der Waals surface area contributed by atoms with Crippen LogP contribution in [0.2, 0.25) is 5.02 Å². The first-order valence-electron chi connectivity index (χ1n) is 5.98. The highest BCUT2D eigenvalue weighted by atomic mass is 35.5. The summed E-state index contributed by atoms with van der Waals surface area (Å²) in [6, 6.07) is 7.30. The number of nitrogens with zero attached hydrogens (tertiary/aromatic N) is 3. The summed E-state index contributed by atoms with van der Waals surface area (Å²) in [4.78, 5) is 11.9. The van der Waals surface area contributed by atoms with E-state index in [0.29, 0.717) is 16.4 Å². The van der Waals surface area contributed by atoms with Gasteiger partial charge in [-0.3, -0.25) is 4.79 Å². The van der Waals surface area contributed by atoms with Gasteiger partial charge in [-0.25, -0.2) is 4.68 Å². The molecule has 100 valence electrons. The predicted molar refractivity (Wildman–Crippen MR) is 73.7 cm³/mol. The van der Waals surface area contributed by atoms with Crippen LogP contribution in [0.25, 0.3) is 5.69 Å². The Kier molecular flexibility index (Phi) is 3.85.